The van der Waals surface area contributed by atoms with Crippen LogP contribution < -0.4 is 5.32 Å². The monoisotopic (exact) mass is 271 g/mol. The van der Waals surface area contributed by atoms with Crippen LogP contribution in [0.2, 0.25) is 0 Å². The van der Waals surface area contributed by atoms with E-state index in [-0.39, 0.29) is 5.92 Å². The fraction of sp³-hybridized carbons (Fsp3) is 0.933. The average molecular weight is 271 g/mol. The number of nitrogens with one attached hydrogen (secondary N) is 1. The Balaban J connectivity index is 2.55. The van der Waals surface area contributed by atoms with Gasteiger partial charge in [0.25, 0.3) is 0 Å². The van der Waals surface area contributed by atoms with E-state index in [9.17, 15) is 9.90 Å². The summed E-state index contributed by atoms with van der Waals surface area (Å²) in [6.45, 7) is 8.05. The zero-order chi connectivity index (χ0) is 14.3. The normalized spacial score (nSPS) is 18.5. The molecule has 0 aliphatic heterocycles. The highest BCUT2D eigenvalue weighted by Crippen LogP contribution is 2.40. The van der Waals surface area contributed by atoms with E-state index < -0.39 is 11.5 Å². The van der Waals surface area contributed by atoms with Gasteiger partial charge >= 0.3 is 5.97 Å². The molecule has 0 saturated heterocycles. The second-order valence-electron chi connectivity index (χ2n) is 5.68. The Labute approximate surface area is 116 Å². The molecule has 1 unspecified atom stereocenters. The predicted molar refractivity (Wildman–Crippen MR) is 76.3 cm³/mol. The van der Waals surface area contributed by atoms with Crippen LogP contribution in [-0.4, -0.2) is 36.4 Å². The van der Waals surface area contributed by atoms with Crippen molar-refractivity contribution in [2.75, 3.05) is 19.8 Å². The fourth-order valence-corrected chi connectivity index (χ4v) is 2.46. The molecule has 1 aliphatic rings. The molecule has 0 aromatic rings. The van der Waals surface area contributed by atoms with Gasteiger partial charge in [-0.1, -0.05) is 33.6 Å². The van der Waals surface area contributed by atoms with E-state index in [0.717, 1.165) is 38.6 Å². The third-order valence-corrected chi connectivity index (χ3v) is 4.18. The van der Waals surface area contributed by atoms with Crippen LogP contribution in [0.15, 0.2) is 0 Å². The van der Waals surface area contributed by atoms with Crippen LogP contribution in [0.3, 0.4) is 0 Å². The van der Waals surface area contributed by atoms with Gasteiger partial charge in [-0.2, -0.15) is 0 Å². The number of carbonyl (C=O) groups is 1. The molecule has 0 amide bonds. The smallest absolute Gasteiger partial charge is 0.326 e. The maximum absolute atomic E-state index is 11.7. The second-order valence-corrected chi connectivity index (χ2v) is 5.68. The molecule has 0 aromatic heterocycles. The summed E-state index contributed by atoms with van der Waals surface area (Å²) in [7, 11) is 0. The van der Waals surface area contributed by atoms with E-state index in [1.165, 1.54) is 0 Å². The van der Waals surface area contributed by atoms with Crippen LogP contribution in [0.4, 0.5) is 0 Å². The molecule has 1 fully saturated rings. The number of hydrogen-bond acceptors (Lipinski definition) is 3. The first-order valence-corrected chi connectivity index (χ1v) is 7.66. The highest BCUT2D eigenvalue weighted by Gasteiger charge is 2.51. The van der Waals surface area contributed by atoms with Gasteiger partial charge in [0, 0.05) is 6.61 Å². The Bertz CT molecular complexity index is 275. The minimum atomic E-state index is -0.859. The molecular formula is C15H29NO3. The van der Waals surface area contributed by atoms with E-state index in [2.05, 4.69) is 26.1 Å². The maximum atomic E-state index is 11.7. The molecule has 1 rings (SSSR count). The Morgan fingerprint density at radius 2 is 2.00 bits per heavy atom. The van der Waals surface area contributed by atoms with Crippen molar-refractivity contribution in [3.8, 4) is 0 Å². The van der Waals surface area contributed by atoms with Crippen LogP contribution in [0, 0.1) is 11.8 Å². The lowest BCUT2D eigenvalue weighted by atomic mass is 9.94. The predicted octanol–water partition coefficient (Wildman–Crippen LogP) is 2.67. The van der Waals surface area contributed by atoms with Gasteiger partial charge in [0.1, 0.15) is 5.54 Å². The molecular weight excluding hydrogens is 242 g/mol. The van der Waals surface area contributed by atoms with E-state index in [4.69, 9.17) is 4.74 Å². The molecule has 0 bridgehead atoms. The number of carboxylic acid groups (broad SMARTS) is 1. The number of hydrogen-bond donors (Lipinski definition) is 2. The van der Waals surface area contributed by atoms with Crippen LogP contribution >= 0.6 is 0 Å². The largest absolute Gasteiger partial charge is 0.480 e. The highest BCUT2D eigenvalue weighted by molar-refractivity contribution is 5.80. The molecule has 1 saturated carbocycles. The van der Waals surface area contributed by atoms with Crippen LogP contribution in [-0.2, 0) is 9.53 Å². The second kappa shape index (κ2) is 7.85. The van der Waals surface area contributed by atoms with Crippen molar-refractivity contribution >= 4 is 5.97 Å². The lowest BCUT2D eigenvalue weighted by molar-refractivity contribution is -0.149. The average Bonchev–Trinajstić information content (AvgIpc) is 3.23. The van der Waals surface area contributed by atoms with Crippen molar-refractivity contribution in [2.45, 2.75) is 58.4 Å². The van der Waals surface area contributed by atoms with Crippen LogP contribution in [0.5, 0.6) is 0 Å². The molecule has 2 N–H and O–H groups in total. The van der Waals surface area contributed by atoms with Gasteiger partial charge in [-0.3, -0.25) is 10.1 Å². The van der Waals surface area contributed by atoms with Crippen molar-refractivity contribution in [1.29, 1.82) is 0 Å². The lowest BCUT2D eigenvalue weighted by Gasteiger charge is -2.31. The van der Waals surface area contributed by atoms with E-state index in [1.54, 1.807) is 0 Å². The minimum absolute atomic E-state index is 0.234. The van der Waals surface area contributed by atoms with Gasteiger partial charge in [-0.05, 0) is 37.6 Å². The van der Waals surface area contributed by atoms with Gasteiger partial charge in [-0.15, -0.1) is 0 Å². The van der Waals surface area contributed by atoms with Gasteiger partial charge in [-0.25, -0.2) is 0 Å². The molecule has 1 aliphatic carbocycles. The molecule has 4 heteroatoms. The minimum Gasteiger partial charge on any atom is -0.480 e. The maximum Gasteiger partial charge on any atom is 0.326 e. The summed E-state index contributed by atoms with van der Waals surface area (Å²) in [4.78, 5) is 11.7. The summed E-state index contributed by atoms with van der Waals surface area (Å²) in [5, 5.41) is 12.8. The summed E-state index contributed by atoms with van der Waals surface area (Å²) in [6.07, 6.45) is 5.10. The number of aliphatic carboxylic acids is 1. The summed E-state index contributed by atoms with van der Waals surface area (Å²) in [5.74, 6) is 0.0168. The Hall–Kier alpha value is -0.610. The van der Waals surface area contributed by atoms with Gasteiger partial charge in [0.2, 0.25) is 0 Å². The van der Waals surface area contributed by atoms with Crippen molar-refractivity contribution in [3.63, 3.8) is 0 Å². The number of ether oxygens (including phenoxy) is 1. The first-order valence-electron chi connectivity index (χ1n) is 7.66. The zero-order valence-electron chi connectivity index (χ0n) is 12.6. The van der Waals surface area contributed by atoms with Gasteiger partial charge in [0.15, 0.2) is 0 Å². The van der Waals surface area contributed by atoms with Gasteiger partial charge < -0.3 is 9.84 Å². The lowest BCUT2D eigenvalue weighted by Crippen LogP contribution is -2.58. The fourth-order valence-electron chi connectivity index (χ4n) is 2.46. The van der Waals surface area contributed by atoms with E-state index >= 15 is 0 Å². The molecule has 0 heterocycles. The van der Waals surface area contributed by atoms with Gasteiger partial charge in [0.05, 0.1) is 6.61 Å². The highest BCUT2D eigenvalue weighted by atomic mass is 16.5. The molecule has 0 radical (unpaired) electrons. The topological polar surface area (TPSA) is 58.6 Å². The van der Waals surface area contributed by atoms with E-state index in [1.807, 2.05) is 0 Å². The van der Waals surface area contributed by atoms with Crippen molar-refractivity contribution in [2.24, 2.45) is 11.8 Å². The first kappa shape index (κ1) is 16.4. The van der Waals surface area contributed by atoms with Crippen molar-refractivity contribution < 1.29 is 14.6 Å². The third-order valence-electron chi connectivity index (χ3n) is 4.18. The summed E-state index contributed by atoms with van der Waals surface area (Å²) in [5.41, 5.74) is -0.859. The molecule has 19 heavy (non-hydrogen) atoms. The molecule has 4 nitrogen and oxygen atoms in total. The number of carboxylic acids is 1. The molecule has 112 valence electrons. The number of rotatable bonds is 11. The Morgan fingerprint density at radius 3 is 2.42 bits per heavy atom. The van der Waals surface area contributed by atoms with E-state index in [0.29, 0.717) is 19.1 Å². The Morgan fingerprint density at radius 1 is 1.37 bits per heavy atom. The SMILES string of the molecule is CCCNC(COCC(CC)CC)(C(=O)O)C1CC1. The molecule has 1 atom stereocenters. The summed E-state index contributed by atoms with van der Waals surface area (Å²) in [6, 6.07) is 0. The first-order chi connectivity index (χ1) is 9.10. The van der Waals surface area contributed by atoms with Crippen molar-refractivity contribution in [1.82, 2.24) is 5.32 Å². The standard InChI is InChI=1S/C15H29NO3/c1-4-9-16-15(14(17)18,13-7-8-13)11-19-10-12(5-2)6-3/h12-13,16H,4-11H2,1-3H3,(H,17,18). The van der Waals surface area contributed by atoms with Crippen LogP contribution in [0.1, 0.15) is 52.9 Å². The molecule has 0 aromatic carbocycles. The summed E-state index contributed by atoms with van der Waals surface area (Å²) < 4.78 is 5.76. The summed E-state index contributed by atoms with van der Waals surface area (Å²) >= 11 is 0. The Kier molecular flexibility index (Phi) is 6.80. The third kappa shape index (κ3) is 4.46. The zero-order valence-corrected chi connectivity index (χ0v) is 12.6. The quantitative estimate of drug-likeness (QED) is 0.606. The van der Waals surface area contributed by atoms with Crippen LogP contribution in [0.25, 0.3) is 0 Å². The van der Waals surface area contributed by atoms with Crippen molar-refractivity contribution in [3.05, 3.63) is 0 Å². The molecule has 0 spiro atoms.